The molecule has 0 bridgehead atoms. The summed E-state index contributed by atoms with van der Waals surface area (Å²) in [4.78, 5) is 24.6. The summed E-state index contributed by atoms with van der Waals surface area (Å²) < 4.78 is 0. The zero-order valence-electron chi connectivity index (χ0n) is 11.2. The summed E-state index contributed by atoms with van der Waals surface area (Å²) in [5, 5.41) is 3.43. The molecule has 0 aliphatic rings. The molecule has 1 amide bonds. The maximum absolute atomic E-state index is 12.3. The van der Waals surface area contributed by atoms with Gasteiger partial charge in [-0.25, -0.2) is 9.97 Å². The van der Waals surface area contributed by atoms with Crippen LogP contribution in [0.15, 0.2) is 42.9 Å². The number of carbonyl (C=O) groups excluding carboxylic acids is 1. The van der Waals surface area contributed by atoms with Gasteiger partial charge in [0.15, 0.2) is 5.65 Å². The minimum atomic E-state index is -0.264. The lowest BCUT2D eigenvalue weighted by Crippen LogP contribution is -2.13. The second-order valence-electron chi connectivity index (χ2n) is 4.49. The Labute approximate surface area is 126 Å². The highest BCUT2D eigenvalue weighted by atomic mass is 35.5. The lowest BCUT2D eigenvalue weighted by atomic mass is 10.2. The SMILES string of the molecule is Cc1c(Cl)cccc1NC(=O)c1cnc2nccnc2c1. The summed E-state index contributed by atoms with van der Waals surface area (Å²) in [5.41, 5.74) is 3.00. The summed E-state index contributed by atoms with van der Waals surface area (Å²) in [7, 11) is 0. The van der Waals surface area contributed by atoms with E-state index in [1.54, 1.807) is 36.7 Å². The molecule has 5 nitrogen and oxygen atoms in total. The number of pyridine rings is 1. The monoisotopic (exact) mass is 298 g/mol. The molecule has 21 heavy (non-hydrogen) atoms. The predicted molar refractivity (Wildman–Crippen MR) is 81.5 cm³/mol. The molecule has 0 saturated carbocycles. The molecule has 104 valence electrons. The Hall–Kier alpha value is -2.53. The molecule has 1 aromatic carbocycles. The molecule has 0 aliphatic carbocycles. The van der Waals surface area contributed by atoms with E-state index >= 15 is 0 Å². The van der Waals surface area contributed by atoms with Gasteiger partial charge in [-0.2, -0.15) is 0 Å². The molecule has 0 aliphatic heterocycles. The second-order valence-corrected chi connectivity index (χ2v) is 4.90. The zero-order chi connectivity index (χ0) is 14.8. The smallest absolute Gasteiger partial charge is 0.257 e. The highest BCUT2D eigenvalue weighted by Crippen LogP contribution is 2.23. The number of nitrogens with one attached hydrogen (secondary N) is 1. The van der Waals surface area contributed by atoms with Crippen LogP contribution < -0.4 is 5.32 Å². The topological polar surface area (TPSA) is 67.8 Å². The fourth-order valence-corrected chi connectivity index (χ4v) is 2.09. The van der Waals surface area contributed by atoms with Crippen molar-refractivity contribution in [3.8, 4) is 0 Å². The molecule has 2 aromatic heterocycles. The molecule has 0 fully saturated rings. The molecule has 1 N–H and O–H groups in total. The number of hydrogen-bond acceptors (Lipinski definition) is 4. The number of benzene rings is 1. The van der Waals surface area contributed by atoms with E-state index in [0.717, 1.165) is 5.56 Å². The van der Waals surface area contributed by atoms with Crippen LogP contribution in [0.4, 0.5) is 5.69 Å². The molecule has 0 spiro atoms. The minimum Gasteiger partial charge on any atom is -0.322 e. The van der Waals surface area contributed by atoms with Crippen LogP contribution in [-0.4, -0.2) is 20.9 Å². The lowest BCUT2D eigenvalue weighted by molar-refractivity contribution is 0.102. The van der Waals surface area contributed by atoms with E-state index in [1.807, 2.05) is 6.92 Å². The molecule has 3 aromatic rings. The molecule has 0 saturated heterocycles. The fourth-order valence-electron chi connectivity index (χ4n) is 1.92. The van der Waals surface area contributed by atoms with Crippen LogP contribution in [-0.2, 0) is 0 Å². The van der Waals surface area contributed by atoms with Crippen LogP contribution in [0, 0.1) is 6.92 Å². The first kappa shape index (κ1) is 13.5. The van der Waals surface area contributed by atoms with Crippen molar-refractivity contribution < 1.29 is 4.79 Å². The molecule has 2 heterocycles. The average molecular weight is 299 g/mol. The molecular weight excluding hydrogens is 288 g/mol. The molecule has 0 atom stereocenters. The Bertz CT molecular complexity index is 835. The summed E-state index contributed by atoms with van der Waals surface area (Å²) in [6, 6.07) is 7.02. The van der Waals surface area contributed by atoms with Crippen LogP contribution in [0.1, 0.15) is 15.9 Å². The van der Waals surface area contributed by atoms with Gasteiger partial charge < -0.3 is 5.32 Å². The van der Waals surface area contributed by atoms with E-state index in [1.165, 1.54) is 6.20 Å². The molecule has 3 rings (SSSR count). The third kappa shape index (κ3) is 2.68. The van der Waals surface area contributed by atoms with Crippen LogP contribution in [0.3, 0.4) is 0 Å². The Balaban J connectivity index is 1.91. The summed E-state index contributed by atoms with van der Waals surface area (Å²) in [5.74, 6) is -0.264. The normalized spacial score (nSPS) is 10.6. The number of hydrogen-bond donors (Lipinski definition) is 1. The van der Waals surface area contributed by atoms with Crippen LogP contribution in [0.5, 0.6) is 0 Å². The number of fused-ring (bicyclic) bond motifs is 1. The standard InChI is InChI=1S/C15H11ClN4O/c1-9-11(16)3-2-4-12(9)20-15(21)10-7-13-14(19-8-10)18-6-5-17-13/h2-8H,1H3,(H,20,21). The van der Waals surface area contributed by atoms with Gasteiger partial charge in [-0.1, -0.05) is 17.7 Å². The van der Waals surface area contributed by atoms with Gasteiger partial charge in [0.1, 0.15) is 5.52 Å². The highest BCUT2D eigenvalue weighted by Gasteiger charge is 2.10. The van der Waals surface area contributed by atoms with E-state index in [4.69, 9.17) is 11.6 Å². The van der Waals surface area contributed by atoms with Gasteiger partial charge in [-0.15, -0.1) is 0 Å². The fraction of sp³-hybridized carbons (Fsp3) is 0.0667. The van der Waals surface area contributed by atoms with Crippen LogP contribution in [0.2, 0.25) is 5.02 Å². The van der Waals surface area contributed by atoms with Gasteiger partial charge in [0.25, 0.3) is 5.91 Å². The first-order valence-corrected chi connectivity index (χ1v) is 6.66. The highest BCUT2D eigenvalue weighted by molar-refractivity contribution is 6.31. The quantitative estimate of drug-likeness (QED) is 0.788. The zero-order valence-corrected chi connectivity index (χ0v) is 11.9. The maximum atomic E-state index is 12.3. The lowest BCUT2D eigenvalue weighted by Gasteiger charge is -2.09. The summed E-state index contributed by atoms with van der Waals surface area (Å²) in [6.45, 7) is 1.85. The van der Waals surface area contributed by atoms with Gasteiger partial charge in [-0.3, -0.25) is 9.78 Å². The van der Waals surface area contributed by atoms with Crippen molar-refractivity contribution >= 4 is 34.4 Å². The van der Waals surface area contributed by atoms with Gasteiger partial charge in [0.2, 0.25) is 0 Å². The number of carbonyl (C=O) groups is 1. The number of amides is 1. The predicted octanol–water partition coefficient (Wildman–Crippen LogP) is 3.24. The van der Waals surface area contributed by atoms with Crippen LogP contribution in [0.25, 0.3) is 11.2 Å². The van der Waals surface area contributed by atoms with Gasteiger partial charge in [0.05, 0.1) is 5.56 Å². The minimum absolute atomic E-state index is 0.264. The Kier molecular flexibility index (Phi) is 3.50. The Morgan fingerprint density at radius 1 is 1.19 bits per heavy atom. The van der Waals surface area contributed by atoms with Gasteiger partial charge >= 0.3 is 0 Å². The Morgan fingerprint density at radius 3 is 2.86 bits per heavy atom. The third-order valence-electron chi connectivity index (χ3n) is 3.10. The van der Waals surface area contributed by atoms with Crippen molar-refractivity contribution in [1.82, 2.24) is 15.0 Å². The summed E-state index contributed by atoms with van der Waals surface area (Å²) in [6.07, 6.45) is 4.60. The second kappa shape index (κ2) is 5.46. The van der Waals surface area contributed by atoms with Gasteiger partial charge in [0, 0.05) is 29.3 Å². The van der Waals surface area contributed by atoms with E-state index in [9.17, 15) is 4.79 Å². The average Bonchev–Trinajstić information content (AvgIpc) is 2.51. The first-order valence-electron chi connectivity index (χ1n) is 6.28. The first-order chi connectivity index (χ1) is 10.1. The van der Waals surface area contributed by atoms with Crippen molar-refractivity contribution in [2.45, 2.75) is 6.92 Å². The van der Waals surface area contributed by atoms with Crippen LogP contribution >= 0.6 is 11.6 Å². The van der Waals surface area contributed by atoms with Crippen molar-refractivity contribution in [2.75, 3.05) is 5.32 Å². The maximum Gasteiger partial charge on any atom is 0.257 e. The van der Waals surface area contributed by atoms with E-state index in [-0.39, 0.29) is 5.91 Å². The van der Waals surface area contributed by atoms with E-state index < -0.39 is 0 Å². The van der Waals surface area contributed by atoms with Gasteiger partial charge in [-0.05, 0) is 30.7 Å². The van der Waals surface area contributed by atoms with E-state index in [2.05, 4.69) is 20.3 Å². The number of halogens is 1. The number of aromatic nitrogens is 3. The largest absolute Gasteiger partial charge is 0.322 e. The number of nitrogens with zero attached hydrogens (tertiary/aromatic N) is 3. The number of rotatable bonds is 2. The number of anilines is 1. The Morgan fingerprint density at radius 2 is 2.00 bits per heavy atom. The molecular formula is C15H11ClN4O. The molecule has 0 unspecified atom stereocenters. The third-order valence-corrected chi connectivity index (χ3v) is 3.51. The molecule has 6 heteroatoms. The van der Waals surface area contributed by atoms with Crippen molar-refractivity contribution in [2.24, 2.45) is 0 Å². The van der Waals surface area contributed by atoms with Crippen molar-refractivity contribution in [3.63, 3.8) is 0 Å². The van der Waals surface area contributed by atoms with E-state index in [0.29, 0.717) is 27.4 Å². The molecule has 0 radical (unpaired) electrons. The summed E-state index contributed by atoms with van der Waals surface area (Å²) >= 11 is 6.04. The van der Waals surface area contributed by atoms with Crippen molar-refractivity contribution in [1.29, 1.82) is 0 Å². The van der Waals surface area contributed by atoms with Crippen molar-refractivity contribution in [3.05, 3.63) is 59.0 Å².